The van der Waals surface area contributed by atoms with Gasteiger partial charge in [0.2, 0.25) is 0 Å². The molecule has 0 aliphatic carbocycles. The Hall–Kier alpha value is -2.12. The first kappa shape index (κ1) is 14.8. The van der Waals surface area contributed by atoms with Crippen LogP contribution in [0.3, 0.4) is 0 Å². The Kier molecular flexibility index (Phi) is 3.76. The van der Waals surface area contributed by atoms with E-state index in [1.807, 2.05) is 31.1 Å². The van der Waals surface area contributed by atoms with Crippen LogP contribution in [0, 0.1) is 0 Å². The smallest absolute Gasteiger partial charge is 0.263 e. The van der Waals surface area contributed by atoms with Gasteiger partial charge in [-0.2, -0.15) is 0 Å². The van der Waals surface area contributed by atoms with Crippen molar-refractivity contribution < 1.29 is 12.8 Å². The maximum atomic E-state index is 12.0. The molecule has 6 nitrogen and oxygen atoms in total. The van der Waals surface area contributed by atoms with Gasteiger partial charge in [0.15, 0.2) is 0 Å². The van der Waals surface area contributed by atoms with E-state index < -0.39 is 10.0 Å². The molecule has 1 aliphatic heterocycles. The molecule has 0 amide bonds. The first-order chi connectivity index (χ1) is 10.5. The number of hydrogen-bond acceptors (Lipinski definition) is 5. The molecule has 2 heterocycles. The van der Waals surface area contributed by atoms with Gasteiger partial charge in [-0.05, 0) is 38.4 Å². The van der Waals surface area contributed by atoms with E-state index in [-0.39, 0.29) is 10.9 Å². The van der Waals surface area contributed by atoms with Crippen LogP contribution in [0.2, 0.25) is 0 Å². The number of nitrogens with zero attached hydrogens (tertiary/aromatic N) is 2. The van der Waals surface area contributed by atoms with Crippen LogP contribution in [0.4, 0.5) is 0 Å². The second-order valence-corrected chi connectivity index (χ2v) is 6.94. The number of aliphatic imine (C=N–C) groups is 1. The number of amidine groups is 1. The fourth-order valence-corrected chi connectivity index (χ4v) is 3.67. The summed E-state index contributed by atoms with van der Waals surface area (Å²) in [5.74, 6) is 1.18. The molecule has 3 rings (SSSR count). The molecule has 0 saturated carbocycles. The van der Waals surface area contributed by atoms with Gasteiger partial charge in [0.25, 0.3) is 10.0 Å². The molecular formula is C15H17N3O3S. The Morgan fingerprint density at radius 3 is 2.68 bits per heavy atom. The van der Waals surface area contributed by atoms with E-state index in [1.54, 1.807) is 30.5 Å². The normalized spacial score (nSPS) is 19.1. The minimum absolute atomic E-state index is 0.0558. The number of fused-ring (bicyclic) bond motifs is 1. The van der Waals surface area contributed by atoms with E-state index in [1.165, 1.54) is 0 Å². The van der Waals surface area contributed by atoms with Crippen LogP contribution in [0.25, 0.3) is 0 Å². The molecule has 7 heteroatoms. The summed E-state index contributed by atoms with van der Waals surface area (Å²) in [7, 11) is 0.367. The number of rotatable bonds is 4. The molecule has 1 atom stereocenters. The van der Waals surface area contributed by atoms with Crippen molar-refractivity contribution in [1.82, 2.24) is 9.62 Å². The molecule has 0 unspecified atom stereocenters. The van der Waals surface area contributed by atoms with E-state index >= 15 is 0 Å². The SMILES string of the molecule is CN(C)[C@H](CN=C1NS(=O)(=O)c2ccccc21)c1ccco1. The Bertz CT molecular complexity index is 795. The largest absolute Gasteiger partial charge is 0.468 e. The lowest BCUT2D eigenvalue weighted by molar-refractivity contribution is 0.265. The van der Waals surface area contributed by atoms with Crippen LogP contribution in [-0.4, -0.2) is 39.8 Å². The predicted molar refractivity (Wildman–Crippen MR) is 83.3 cm³/mol. The fraction of sp³-hybridized carbons (Fsp3) is 0.267. The molecule has 22 heavy (non-hydrogen) atoms. The molecular weight excluding hydrogens is 302 g/mol. The van der Waals surface area contributed by atoms with Crippen molar-refractivity contribution in [2.24, 2.45) is 4.99 Å². The molecule has 1 aromatic carbocycles. The first-order valence-electron chi connectivity index (χ1n) is 6.85. The molecule has 0 bridgehead atoms. The number of benzene rings is 1. The number of furan rings is 1. The summed E-state index contributed by atoms with van der Waals surface area (Å²) in [6.07, 6.45) is 1.62. The van der Waals surface area contributed by atoms with Gasteiger partial charge < -0.3 is 4.42 Å². The third-order valence-electron chi connectivity index (χ3n) is 3.58. The summed E-state index contributed by atoms with van der Waals surface area (Å²) in [6, 6.07) is 10.5. The second kappa shape index (κ2) is 5.58. The van der Waals surface area contributed by atoms with Crippen molar-refractivity contribution in [2.45, 2.75) is 10.9 Å². The monoisotopic (exact) mass is 319 g/mol. The quantitative estimate of drug-likeness (QED) is 0.929. The van der Waals surface area contributed by atoms with Gasteiger partial charge in [-0.1, -0.05) is 12.1 Å². The summed E-state index contributed by atoms with van der Waals surface area (Å²) in [4.78, 5) is 6.72. The molecule has 1 aromatic heterocycles. The highest BCUT2D eigenvalue weighted by Gasteiger charge is 2.30. The van der Waals surface area contributed by atoms with Crippen LogP contribution in [0.1, 0.15) is 17.4 Å². The molecule has 1 N–H and O–H groups in total. The molecule has 2 aromatic rings. The van der Waals surface area contributed by atoms with Crippen molar-refractivity contribution >= 4 is 15.9 Å². The van der Waals surface area contributed by atoms with Gasteiger partial charge in [0.05, 0.1) is 23.7 Å². The van der Waals surface area contributed by atoms with Gasteiger partial charge in [-0.25, -0.2) is 8.42 Å². The van der Waals surface area contributed by atoms with Gasteiger partial charge in [0.1, 0.15) is 11.6 Å². The van der Waals surface area contributed by atoms with Crippen LogP contribution >= 0.6 is 0 Å². The van der Waals surface area contributed by atoms with Crippen molar-refractivity contribution in [3.05, 3.63) is 54.0 Å². The van der Waals surface area contributed by atoms with E-state index in [0.29, 0.717) is 17.9 Å². The van der Waals surface area contributed by atoms with Gasteiger partial charge in [-0.15, -0.1) is 0 Å². The van der Waals surface area contributed by atoms with Crippen LogP contribution in [-0.2, 0) is 10.0 Å². The summed E-state index contributed by atoms with van der Waals surface area (Å²) >= 11 is 0. The lowest BCUT2D eigenvalue weighted by atomic mass is 10.2. The minimum atomic E-state index is -3.49. The highest BCUT2D eigenvalue weighted by Crippen LogP contribution is 2.24. The van der Waals surface area contributed by atoms with Gasteiger partial charge >= 0.3 is 0 Å². The number of nitrogens with one attached hydrogen (secondary N) is 1. The molecule has 0 saturated heterocycles. The third-order valence-corrected chi connectivity index (χ3v) is 4.98. The fourth-order valence-electron chi connectivity index (χ4n) is 2.42. The summed E-state index contributed by atoms with van der Waals surface area (Å²) in [6.45, 7) is 0.396. The minimum Gasteiger partial charge on any atom is -0.468 e. The Morgan fingerprint density at radius 1 is 1.23 bits per heavy atom. The zero-order valence-corrected chi connectivity index (χ0v) is 13.2. The maximum absolute atomic E-state index is 12.0. The molecule has 0 spiro atoms. The Morgan fingerprint density at radius 2 is 2.00 bits per heavy atom. The lowest BCUT2D eigenvalue weighted by Crippen LogP contribution is -2.26. The van der Waals surface area contributed by atoms with Crippen LogP contribution in [0.5, 0.6) is 0 Å². The van der Waals surface area contributed by atoms with E-state index in [4.69, 9.17) is 4.42 Å². The van der Waals surface area contributed by atoms with Crippen molar-refractivity contribution in [3.8, 4) is 0 Å². The molecule has 0 fully saturated rings. The summed E-state index contributed by atoms with van der Waals surface area (Å²) in [5.41, 5.74) is 0.611. The van der Waals surface area contributed by atoms with Crippen molar-refractivity contribution in [1.29, 1.82) is 0 Å². The average Bonchev–Trinajstić information content (AvgIpc) is 3.07. The summed E-state index contributed by atoms with van der Waals surface area (Å²) in [5, 5.41) is 0. The van der Waals surface area contributed by atoms with E-state index in [2.05, 4.69) is 9.71 Å². The number of hydrogen-bond donors (Lipinski definition) is 1. The van der Waals surface area contributed by atoms with Crippen LogP contribution in [0.15, 0.2) is 57.0 Å². The topological polar surface area (TPSA) is 74.9 Å². The number of sulfonamides is 1. The van der Waals surface area contributed by atoms with Crippen molar-refractivity contribution in [3.63, 3.8) is 0 Å². The second-order valence-electron chi connectivity index (χ2n) is 5.29. The first-order valence-corrected chi connectivity index (χ1v) is 8.34. The lowest BCUT2D eigenvalue weighted by Gasteiger charge is -2.20. The van der Waals surface area contributed by atoms with Crippen LogP contribution < -0.4 is 4.72 Å². The Labute approximate surface area is 129 Å². The van der Waals surface area contributed by atoms with Crippen molar-refractivity contribution in [2.75, 3.05) is 20.6 Å². The molecule has 1 aliphatic rings. The van der Waals surface area contributed by atoms with E-state index in [9.17, 15) is 8.42 Å². The maximum Gasteiger partial charge on any atom is 0.263 e. The third kappa shape index (κ3) is 2.65. The zero-order chi connectivity index (χ0) is 15.7. The van der Waals surface area contributed by atoms with Gasteiger partial charge in [0, 0.05) is 5.56 Å². The molecule has 116 valence electrons. The highest BCUT2D eigenvalue weighted by atomic mass is 32.2. The van der Waals surface area contributed by atoms with E-state index in [0.717, 1.165) is 5.76 Å². The zero-order valence-electron chi connectivity index (χ0n) is 12.4. The molecule has 0 radical (unpaired) electrons. The standard InChI is InChI=1S/C15H17N3O3S/c1-18(2)12(13-7-5-9-21-13)10-16-15-11-6-3-4-8-14(11)22(19,20)17-15/h3-9,12H,10H2,1-2H3,(H,16,17)/t12-/m1/s1. The predicted octanol–water partition coefficient (Wildman–Crippen LogP) is 1.62. The summed E-state index contributed by atoms with van der Waals surface area (Å²) < 4.78 is 32.0. The average molecular weight is 319 g/mol. The van der Waals surface area contributed by atoms with Gasteiger partial charge in [-0.3, -0.25) is 14.6 Å². The highest BCUT2D eigenvalue weighted by molar-refractivity contribution is 7.90. The Balaban J connectivity index is 1.91. The number of likely N-dealkylation sites (N-methyl/N-ethyl adjacent to an activating group) is 1.